The molecule has 0 saturated heterocycles. The Morgan fingerprint density at radius 3 is 2.65 bits per heavy atom. The van der Waals surface area contributed by atoms with Crippen LogP contribution in [0.3, 0.4) is 0 Å². The van der Waals surface area contributed by atoms with Gasteiger partial charge in [0.05, 0.1) is 0 Å². The summed E-state index contributed by atoms with van der Waals surface area (Å²) >= 11 is 0. The Morgan fingerprint density at radius 2 is 2.05 bits per heavy atom. The highest BCUT2D eigenvalue weighted by Gasteiger charge is 2.25. The van der Waals surface area contributed by atoms with E-state index in [1.165, 1.54) is 0 Å². The minimum atomic E-state index is 0.157. The van der Waals surface area contributed by atoms with Crippen molar-refractivity contribution >= 4 is 11.7 Å². The van der Waals surface area contributed by atoms with Crippen molar-refractivity contribution in [1.82, 2.24) is 14.9 Å². The Morgan fingerprint density at radius 1 is 1.35 bits per heavy atom. The average Bonchev–Trinajstić information content (AvgIpc) is 2.47. The number of anilines is 1. The third-order valence-corrected chi connectivity index (χ3v) is 4.18. The van der Waals surface area contributed by atoms with Crippen molar-refractivity contribution in [2.45, 2.75) is 58.0 Å². The number of carbonyl (C=O) groups excluding carboxylic acids is 1. The summed E-state index contributed by atoms with van der Waals surface area (Å²) in [4.78, 5) is 21.7. The highest BCUT2D eigenvalue weighted by molar-refractivity contribution is 5.73. The molecule has 1 aromatic rings. The van der Waals surface area contributed by atoms with Crippen LogP contribution in [0.2, 0.25) is 0 Å². The van der Waals surface area contributed by atoms with Crippen LogP contribution >= 0.6 is 0 Å². The molecule has 1 aliphatic rings. The number of aromatic nitrogens is 2. The molecule has 0 aromatic carbocycles. The third kappa shape index (κ3) is 3.68. The van der Waals surface area contributed by atoms with Crippen molar-refractivity contribution in [3.8, 4) is 0 Å². The van der Waals surface area contributed by atoms with Gasteiger partial charge in [0, 0.05) is 37.8 Å². The molecule has 0 radical (unpaired) electrons. The standard InChI is InChI=1S/C15H24N4O/c1-4-12-9-15(17-10-16-12)18-13-5-7-14(8-6-13)19(3)11(2)20/h9-10,13-14H,4-8H2,1-3H3,(H,16,17,18)/t13-,14-. The number of nitrogens with zero attached hydrogens (tertiary/aromatic N) is 3. The summed E-state index contributed by atoms with van der Waals surface area (Å²) < 4.78 is 0. The molecule has 5 heteroatoms. The molecule has 0 aliphatic heterocycles. The summed E-state index contributed by atoms with van der Waals surface area (Å²) in [6.07, 6.45) is 6.81. The smallest absolute Gasteiger partial charge is 0.219 e. The molecule has 1 aliphatic carbocycles. The van der Waals surface area contributed by atoms with E-state index < -0.39 is 0 Å². The molecule has 1 saturated carbocycles. The van der Waals surface area contributed by atoms with Crippen LogP contribution in [0.5, 0.6) is 0 Å². The van der Waals surface area contributed by atoms with E-state index in [1.807, 2.05) is 18.0 Å². The Labute approximate surface area is 120 Å². The van der Waals surface area contributed by atoms with Gasteiger partial charge in [-0.2, -0.15) is 0 Å². The average molecular weight is 276 g/mol. The van der Waals surface area contributed by atoms with Crippen LogP contribution in [-0.4, -0.2) is 39.9 Å². The molecule has 20 heavy (non-hydrogen) atoms. The molecule has 1 amide bonds. The minimum Gasteiger partial charge on any atom is -0.367 e. The van der Waals surface area contributed by atoms with E-state index in [1.54, 1.807) is 13.3 Å². The first-order chi connectivity index (χ1) is 9.60. The van der Waals surface area contributed by atoms with Crippen LogP contribution < -0.4 is 5.32 Å². The first-order valence-corrected chi connectivity index (χ1v) is 7.41. The van der Waals surface area contributed by atoms with Gasteiger partial charge >= 0.3 is 0 Å². The zero-order valence-corrected chi connectivity index (χ0v) is 12.6. The van der Waals surface area contributed by atoms with Gasteiger partial charge in [-0.3, -0.25) is 4.79 Å². The van der Waals surface area contributed by atoms with E-state index in [0.29, 0.717) is 12.1 Å². The summed E-state index contributed by atoms with van der Waals surface area (Å²) in [6.45, 7) is 3.73. The van der Waals surface area contributed by atoms with Gasteiger partial charge in [0.15, 0.2) is 0 Å². The maximum absolute atomic E-state index is 11.4. The van der Waals surface area contributed by atoms with Crippen molar-refractivity contribution in [1.29, 1.82) is 0 Å². The third-order valence-electron chi connectivity index (χ3n) is 4.18. The first kappa shape index (κ1) is 14.8. The number of hydrogen-bond donors (Lipinski definition) is 1. The van der Waals surface area contributed by atoms with Gasteiger partial charge < -0.3 is 10.2 Å². The van der Waals surface area contributed by atoms with Crippen LogP contribution in [0.15, 0.2) is 12.4 Å². The van der Waals surface area contributed by atoms with Gasteiger partial charge in [0.2, 0.25) is 5.91 Å². The summed E-state index contributed by atoms with van der Waals surface area (Å²) in [7, 11) is 1.90. The minimum absolute atomic E-state index is 0.157. The fourth-order valence-electron chi connectivity index (χ4n) is 2.74. The van der Waals surface area contributed by atoms with Crippen LogP contribution in [0.1, 0.15) is 45.2 Å². The molecule has 1 fully saturated rings. The summed E-state index contributed by atoms with van der Waals surface area (Å²) in [5.74, 6) is 1.07. The fraction of sp³-hybridized carbons (Fsp3) is 0.667. The lowest BCUT2D eigenvalue weighted by Gasteiger charge is -2.34. The van der Waals surface area contributed by atoms with Crippen LogP contribution in [-0.2, 0) is 11.2 Å². The SMILES string of the molecule is CCc1cc(N[C@H]2CC[C@H](N(C)C(C)=O)CC2)ncn1. The summed E-state index contributed by atoms with van der Waals surface area (Å²) in [5.41, 5.74) is 1.06. The zero-order chi connectivity index (χ0) is 14.5. The first-order valence-electron chi connectivity index (χ1n) is 7.41. The van der Waals surface area contributed by atoms with E-state index in [0.717, 1.165) is 43.6 Å². The number of aryl methyl sites for hydroxylation is 1. The second-order valence-electron chi connectivity index (χ2n) is 5.53. The van der Waals surface area contributed by atoms with Gasteiger partial charge in [-0.1, -0.05) is 6.92 Å². The van der Waals surface area contributed by atoms with Gasteiger partial charge in [-0.25, -0.2) is 9.97 Å². The van der Waals surface area contributed by atoms with Crippen LogP contribution in [0, 0.1) is 0 Å². The molecule has 1 aromatic heterocycles. The highest BCUT2D eigenvalue weighted by Crippen LogP contribution is 2.24. The quantitative estimate of drug-likeness (QED) is 0.916. The molecule has 0 spiro atoms. The predicted octanol–water partition coefficient (Wildman–Crippen LogP) is 2.24. The Balaban J connectivity index is 1.86. The molecular formula is C15H24N4O. The number of nitrogens with one attached hydrogen (secondary N) is 1. The van der Waals surface area contributed by atoms with Gasteiger partial charge in [0.25, 0.3) is 0 Å². The van der Waals surface area contributed by atoms with Crippen molar-refractivity contribution < 1.29 is 4.79 Å². The molecule has 1 heterocycles. The fourth-order valence-corrected chi connectivity index (χ4v) is 2.74. The van der Waals surface area contributed by atoms with Crippen LogP contribution in [0.25, 0.3) is 0 Å². The Hall–Kier alpha value is -1.65. The van der Waals surface area contributed by atoms with Crippen molar-refractivity contribution in [3.05, 3.63) is 18.1 Å². The van der Waals surface area contributed by atoms with E-state index >= 15 is 0 Å². The molecule has 2 rings (SSSR count). The van der Waals surface area contributed by atoms with Crippen molar-refractivity contribution in [2.24, 2.45) is 0 Å². The second kappa shape index (κ2) is 6.68. The van der Waals surface area contributed by atoms with Gasteiger partial charge in [-0.05, 0) is 32.1 Å². The van der Waals surface area contributed by atoms with E-state index in [9.17, 15) is 4.79 Å². The molecular weight excluding hydrogens is 252 g/mol. The lowest BCUT2D eigenvalue weighted by molar-refractivity contribution is -0.130. The monoisotopic (exact) mass is 276 g/mol. The number of carbonyl (C=O) groups is 1. The highest BCUT2D eigenvalue weighted by atomic mass is 16.2. The molecule has 5 nitrogen and oxygen atoms in total. The maximum Gasteiger partial charge on any atom is 0.219 e. The van der Waals surface area contributed by atoms with Crippen LogP contribution in [0.4, 0.5) is 5.82 Å². The van der Waals surface area contributed by atoms with Crippen molar-refractivity contribution in [3.63, 3.8) is 0 Å². The molecule has 0 bridgehead atoms. The topological polar surface area (TPSA) is 58.1 Å². The second-order valence-corrected chi connectivity index (χ2v) is 5.53. The van der Waals surface area contributed by atoms with E-state index in [-0.39, 0.29) is 5.91 Å². The molecule has 0 atom stereocenters. The van der Waals surface area contributed by atoms with E-state index in [2.05, 4.69) is 22.2 Å². The Kier molecular flexibility index (Phi) is 4.93. The van der Waals surface area contributed by atoms with E-state index in [4.69, 9.17) is 0 Å². The van der Waals surface area contributed by atoms with Gasteiger partial charge in [-0.15, -0.1) is 0 Å². The number of amides is 1. The zero-order valence-electron chi connectivity index (χ0n) is 12.6. The number of rotatable bonds is 4. The Bertz CT molecular complexity index is 455. The van der Waals surface area contributed by atoms with Gasteiger partial charge in [0.1, 0.15) is 12.1 Å². The molecule has 110 valence electrons. The normalized spacial score (nSPS) is 22.4. The lowest BCUT2D eigenvalue weighted by Crippen LogP contribution is -2.40. The maximum atomic E-state index is 11.4. The molecule has 1 N–H and O–H groups in total. The van der Waals surface area contributed by atoms with Crippen molar-refractivity contribution in [2.75, 3.05) is 12.4 Å². The molecule has 0 unspecified atom stereocenters. The largest absolute Gasteiger partial charge is 0.367 e. The summed E-state index contributed by atoms with van der Waals surface area (Å²) in [5, 5.41) is 3.49. The number of hydrogen-bond acceptors (Lipinski definition) is 4. The lowest BCUT2D eigenvalue weighted by atomic mass is 9.90. The predicted molar refractivity (Wildman–Crippen MR) is 79.5 cm³/mol. The summed E-state index contributed by atoms with van der Waals surface area (Å²) in [6, 6.07) is 2.86.